The summed E-state index contributed by atoms with van der Waals surface area (Å²) in [7, 11) is 1.52. The van der Waals surface area contributed by atoms with E-state index in [0.29, 0.717) is 6.73 Å². The highest BCUT2D eigenvalue weighted by Crippen LogP contribution is 2.22. The quantitative estimate of drug-likeness (QED) is 0.705. The number of rotatable bonds is 1. The van der Waals surface area contributed by atoms with Crippen LogP contribution in [0.15, 0.2) is 23.3 Å². The summed E-state index contributed by atoms with van der Waals surface area (Å²) in [6, 6.07) is 5.71. The van der Waals surface area contributed by atoms with Crippen molar-refractivity contribution in [1.82, 2.24) is 0 Å². The van der Waals surface area contributed by atoms with Crippen molar-refractivity contribution in [2.45, 2.75) is 6.92 Å². The summed E-state index contributed by atoms with van der Waals surface area (Å²) in [4.78, 5) is 0. The van der Waals surface area contributed by atoms with Gasteiger partial charge in [-0.2, -0.15) is 0 Å². The summed E-state index contributed by atoms with van der Waals surface area (Å²) in [5, 5.41) is 5.83. The van der Waals surface area contributed by atoms with Gasteiger partial charge in [0, 0.05) is 5.69 Å². The van der Waals surface area contributed by atoms with Gasteiger partial charge in [-0.3, -0.25) is 0 Å². The van der Waals surface area contributed by atoms with E-state index in [4.69, 9.17) is 15.2 Å². The lowest BCUT2D eigenvalue weighted by Gasteiger charge is -2.12. The second kappa shape index (κ2) is 3.68. The molecule has 0 bridgehead atoms. The molecule has 0 radical (unpaired) electrons. The highest BCUT2D eigenvalue weighted by Gasteiger charge is 2.17. The Hall–Kier alpha value is -1.91. The molecule has 0 fully saturated rings. The number of anilines is 2. The van der Waals surface area contributed by atoms with Crippen molar-refractivity contribution in [3.8, 4) is 0 Å². The summed E-state index contributed by atoms with van der Waals surface area (Å²) in [5.41, 5.74) is 8.46. The Morgan fingerprint density at radius 3 is 2.93 bits per heavy atom. The number of hydrogen-bond donors (Lipinski definition) is 1. The molecule has 0 saturated heterocycles. The van der Waals surface area contributed by atoms with Crippen LogP contribution >= 0.6 is 0 Å². The number of hydrogen-bond acceptors (Lipinski definition) is 5. The Morgan fingerprint density at radius 1 is 1.53 bits per heavy atom. The molecule has 5 nitrogen and oxygen atoms in total. The molecule has 1 aromatic rings. The van der Waals surface area contributed by atoms with Crippen LogP contribution in [0.2, 0.25) is 0 Å². The Kier molecular flexibility index (Phi) is 2.37. The molecule has 1 aliphatic rings. The molecule has 2 N–H and O–H groups in total. The van der Waals surface area contributed by atoms with Crippen molar-refractivity contribution in [2.24, 2.45) is 5.10 Å². The van der Waals surface area contributed by atoms with Crippen molar-refractivity contribution in [1.29, 1.82) is 0 Å². The number of aryl methyl sites for hydroxylation is 1. The molecule has 0 unspecified atom stereocenters. The van der Waals surface area contributed by atoms with Gasteiger partial charge >= 0.3 is 6.08 Å². The van der Waals surface area contributed by atoms with E-state index >= 15 is 0 Å². The molecule has 0 spiro atoms. The molecule has 5 heteroatoms. The van der Waals surface area contributed by atoms with Crippen molar-refractivity contribution in [3.63, 3.8) is 0 Å². The second-order valence-corrected chi connectivity index (χ2v) is 3.28. The Balaban J connectivity index is 2.24. The number of ether oxygens (including phenoxy) is 2. The number of methoxy groups -OCH3 is 1. The molecule has 2 rings (SSSR count). The third kappa shape index (κ3) is 1.81. The molecular weight excluding hydrogens is 194 g/mol. The van der Waals surface area contributed by atoms with Crippen molar-refractivity contribution in [3.05, 3.63) is 23.8 Å². The fraction of sp³-hybridized carbons (Fsp3) is 0.300. The largest absolute Gasteiger partial charge is 0.453 e. The third-order valence-corrected chi connectivity index (χ3v) is 2.24. The molecule has 80 valence electrons. The lowest BCUT2D eigenvalue weighted by molar-refractivity contribution is 0.225. The smallest absolute Gasteiger partial charge is 0.407 e. The van der Waals surface area contributed by atoms with Crippen molar-refractivity contribution >= 4 is 17.5 Å². The van der Waals surface area contributed by atoms with Crippen LogP contribution in [-0.2, 0) is 9.47 Å². The van der Waals surface area contributed by atoms with Crippen LogP contribution in [0.25, 0.3) is 0 Å². The van der Waals surface area contributed by atoms with E-state index in [0.717, 1.165) is 16.9 Å². The van der Waals surface area contributed by atoms with Crippen molar-refractivity contribution in [2.75, 3.05) is 24.6 Å². The molecule has 0 aliphatic carbocycles. The minimum absolute atomic E-state index is 0.282. The summed E-state index contributed by atoms with van der Waals surface area (Å²) in [6.07, 6.45) is 0.282. The molecule has 0 atom stereocenters. The monoisotopic (exact) mass is 207 g/mol. The normalized spacial score (nSPS) is 14.8. The van der Waals surface area contributed by atoms with E-state index in [1.807, 2.05) is 25.1 Å². The predicted octanol–water partition coefficient (Wildman–Crippen LogP) is 1.29. The first-order valence-electron chi connectivity index (χ1n) is 4.60. The average Bonchev–Trinajstić information content (AvgIpc) is 2.70. The average molecular weight is 207 g/mol. The minimum atomic E-state index is 0.282. The first-order chi connectivity index (χ1) is 7.20. The molecule has 1 aromatic carbocycles. The van der Waals surface area contributed by atoms with Gasteiger partial charge in [0.25, 0.3) is 0 Å². The van der Waals surface area contributed by atoms with Gasteiger partial charge in [0.1, 0.15) is 0 Å². The first-order valence-corrected chi connectivity index (χ1v) is 4.60. The predicted molar refractivity (Wildman–Crippen MR) is 58.5 cm³/mol. The third-order valence-electron chi connectivity index (χ3n) is 2.24. The lowest BCUT2D eigenvalue weighted by atomic mass is 10.2. The van der Waals surface area contributed by atoms with Crippen LogP contribution in [0.3, 0.4) is 0 Å². The number of benzene rings is 1. The first kappa shape index (κ1) is 9.64. The molecular formula is C10H13N3O2. The van der Waals surface area contributed by atoms with E-state index in [1.165, 1.54) is 7.11 Å². The number of nitrogens with zero attached hydrogens (tertiary/aromatic N) is 2. The van der Waals surface area contributed by atoms with Crippen molar-refractivity contribution < 1.29 is 9.47 Å². The second-order valence-electron chi connectivity index (χ2n) is 3.28. The zero-order valence-corrected chi connectivity index (χ0v) is 8.73. The van der Waals surface area contributed by atoms with Crippen LogP contribution in [0.5, 0.6) is 0 Å². The minimum Gasteiger partial charge on any atom is -0.453 e. The Morgan fingerprint density at radius 2 is 2.33 bits per heavy atom. The van der Waals surface area contributed by atoms with Gasteiger partial charge in [0.2, 0.25) is 0 Å². The zero-order valence-electron chi connectivity index (χ0n) is 8.73. The molecule has 0 aromatic heterocycles. The lowest BCUT2D eigenvalue weighted by Crippen LogP contribution is -2.13. The molecule has 0 saturated carbocycles. The van der Waals surface area contributed by atoms with Crippen LogP contribution in [0.4, 0.5) is 11.4 Å². The van der Waals surface area contributed by atoms with E-state index in [-0.39, 0.29) is 6.08 Å². The molecule has 0 amide bonds. The number of nitrogens with two attached hydrogens (primary N) is 1. The van der Waals surface area contributed by atoms with Gasteiger partial charge in [-0.05, 0) is 30.7 Å². The summed E-state index contributed by atoms with van der Waals surface area (Å²) >= 11 is 0. The van der Waals surface area contributed by atoms with Crippen LogP contribution in [0.1, 0.15) is 5.56 Å². The summed E-state index contributed by atoms with van der Waals surface area (Å²) in [6.45, 7) is 2.32. The maximum Gasteiger partial charge on any atom is 0.407 e. The van der Waals surface area contributed by atoms with Gasteiger partial charge in [-0.15, -0.1) is 0 Å². The van der Waals surface area contributed by atoms with Crippen LogP contribution < -0.4 is 10.7 Å². The Labute approximate surface area is 88.1 Å². The van der Waals surface area contributed by atoms with Crippen LogP contribution in [-0.4, -0.2) is 19.9 Å². The maximum absolute atomic E-state index is 5.73. The fourth-order valence-electron chi connectivity index (χ4n) is 1.33. The van der Waals surface area contributed by atoms with Gasteiger partial charge in [-0.25, -0.2) is 5.01 Å². The topological polar surface area (TPSA) is 60.1 Å². The summed E-state index contributed by atoms with van der Waals surface area (Å²) < 4.78 is 10.0. The van der Waals surface area contributed by atoms with E-state index in [2.05, 4.69) is 5.10 Å². The highest BCUT2D eigenvalue weighted by molar-refractivity contribution is 5.71. The van der Waals surface area contributed by atoms with Crippen LogP contribution in [0, 0.1) is 6.92 Å². The maximum atomic E-state index is 5.73. The van der Waals surface area contributed by atoms with Gasteiger partial charge in [-0.1, -0.05) is 5.10 Å². The van der Waals surface area contributed by atoms with E-state index in [9.17, 15) is 0 Å². The van der Waals surface area contributed by atoms with E-state index < -0.39 is 0 Å². The number of nitrogen functional groups attached to an aromatic ring is 1. The van der Waals surface area contributed by atoms with Gasteiger partial charge in [0.05, 0.1) is 12.8 Å². The number of hydrazone groups is 1. The molecule has 1 aliphatic heterocycles. The Bertz CT molecular complexity index is 404. The van der Waals surface area contributed by atoms with Gasteiger partial charge < -0.3 is 15.2 Å². The molecule has 15 heavy (non-hydrogen) atoms. The zero-order chi connectivity index (χ0) is 10.8. The standard InChI is InChI=1S/C10H13N3O2/c1-7-5-8(3-4-9(7)11)13-6-15-10(12-13)14-2/h3-5H,6,11H2,1-2H3. The highest BCUT2D eigenvalue weighted by atomic mass is 16.7. The SMILES string of the molecule is COC1=NN(c2ccc(N)c(C)c2)CO1. The summed E-state index contributed by atoms with van der Waals surface area (Å²) in [5.74, 6) is 0. The molecule has 1 heterocycles. The van der Waals surface area contributed by atoms with E-state index in [1.54, 1.807) is 5.01 Å². The van der Waals surface area contributed by atoms with Gasteiger partial charge in [0.15, 0.2) is 6.73 Å². The fourth-order valence-corrected chi connectivity index (χ4v) is 1.33.